The van der Waals surface area contributed by atoms with Crippen molar-refractivity contribution < 1.29 is 22.7 Å². The first kappa shape index (κ1) is 21.6. The van der Waals surface area contributed by atoms with Gasteiger partial charge in [-0.1, -0.05) is 0 Å². The summed E-state index contributed by atoms with van der Waals surface area (Å²) >= 11 is 0. The third-order valence-corrected chi connectivity index (χ3v) is 6.16. The first-order valence-corrected chi connectivity index (χ1v) is 11.4. The number of nitrogens with zero attached hydrogens (tertiary/aromatic N) is 1. The fraction of sp³-hybridized carbons (Fsp3) is 0.333. The highest BCUT2D eigenvalue weighted by Gasteiger charge is 2.20. The van der Waals surface area contributed by atoms with Crippen molar-refractivity contribution in [2.75, 3.05) is 34.3 Å². The number of hydrogen-bond acceptors (Lipinski definition) is 5. The molecule has 1 fully saturated rings. The number of piperidine rings is 1. The molecule has 3 rings (SSSR count). The second-order valence-electron chi connectivity index (χ2n) is 6.92. The zero-order chi connectivity index (χ0) is 21.7. The Morgan fingerprint density at radius 3 is 2.50 bits per heavy atom. The Bertz CT molecular complexity index is 1040. The number of nitrogens with one attached hydrogen (secondary N) is 2. The number of anilines is 3. The quantitative estimate of drug-likeness (QED) is 0.700. The van der Waals surface area contributed by atoms with Gasteiger partial charge in [0.05, 0.1) is 18.6 Å². The molecule has 2 amide bonds. The number of carbonyl (C=O) groups is 2. The van der Waals surface area contributed by atoms with Gasteiger partial charge in [-0.2, -0.15) is 0 Å². The molecule has 0 unspecified atom stereocenters. The molecular formula is C21H25N3O5S. The highest BCUT2D eigenvalue weighted by Crippen LogP contribution is 2.29. The van der Waals surface area contributed by atoms with E-state index in [1.54, 1.807) is 41.3 Å². The number of sulfonamides is 1. The van der Waals surface area contributed by atoms with Gasteiger partial charge in [-0.15, -0.1) is 0 Å². The third-order valence-electron chi connectivity index (χ3n) is 4.87. The van der Waals surface area contributed by atoms with Crippen LogP contribution in [0.2, 0.25) is 0 Å². The molecule has 2 aromatic carbocycles. The van der Waals surface area contributed by atoms with Gasteiger partial charge < -0.3 is 15.0 Å². The standard InChI is InChI=1S/C21H25N3O5S/c1-3-30(27,28)23-18-12-9-16(14-19(18)29-2)22-21(26)15-7-10-17(11-8-15)24-13-5-4-6-20(24)25/h7-12,14,23H,3-6,13H2,1-2H3,(H,22,26). The number of ether oxygens (including phenoxy) is 1. The van der Waals surface area contributed by atoms with E-state index < -0.39 is 10.0 Å². The molecule has 0 bridgehead atoms. The fourth-order valence-corrected chi connectivity index (χ4v) is 3.82. The van der Waals surface area contributed by atoms with Crippen LogP contribution < -0.4 is 19.7 Å². The van der Waals surface area contributed by atoms with E-state index in [0.717, 1.165) is 18.5 Å². The van der Waals surface area contributed by atoms with Crippen LogP contribution in [-0.2, 0) is 14.8 Å². The Kier molecular flexibility index (Phi) is 6.61. The molecule has 1 saturated heterocycles. The lowest BCUT2D eigenvalue weighted by molar-refractivity contribution is -0.119. The van der Waals surface area contributed by atoms with Gasteiger partial charge in [-0.25, -0.2) is 8.42 Å². The largest absolute Gasteiger partial charge is 0.494 e. The topological polar surface area (TPSA) is 105 Å². The molecule has 30 heavy (non-hydrogen) atoms. The molecule has 9 heteroatoms. The van der Waals surface area contributed by atoms with Crippen molar-refractivity contribution in [3.63, 3.8) is 0 Å². The summed E-state index contributed by atoms with van der Waals surface area (Å²) in [7, 11) is -2.02. The second-order valence-corrected chi connectivity index (χ2v) is 8.93. The molecule has 2 aromatic rings. The predicted molar refractivity (Wildman–Crippen MR) is 117 cm³/mol. The summed E-state index contributed by atoms with van der Waals surface area (Å²) in [6.07, 6.45) is 2.44. The minimum Gasteiger partial charge on any atom is -0.494 e. The van der Waals surface area contributed by atoms with E-state index in [1.165, 1.54) is 20.1 Å². The van der Waals surface area contributed by atoms with E-state index in [0.29, 0.717) is 35.7 Å². The van der Waals surface area contributed by atoms with Gasteiger partial charge in [0.25, 0.3) is 5.91 Å². The van der Waals surface area contributed by atoms with Crippen molar-refractivity contribution >= 4 is 38.9 Å². The van der Waals surface area contributed by atoms with Crippen molar-refractivity contribution in [2.24, 2.45) is 0 Å². The maximum absolute atomic E-state index is 12.6. The molecule has 0 aliphatic carbocycles. The summed E-state index contributed by atoms with van der Waals surface area (Å²) in [6.45, 7) is 2.23. The van der Waals surface area contributed by atoms with E-state index in [-0.39, 0.29) is 17.6 Å². The minimum atomic E-state index is -3.45. The summed E-state index contributed by atoms with van der Waals surface area (Å²) < 4.78 is 31.3. The second kappa shape index (κ2) is 9.17. The first-order chi connectivity index (χ1) is 14.3. The average molecular weight is 432 g/mol. The first-order valence-electron chi connectivity index (χ1n) is 9.73. The van der Waals surface area contributed by atoms with E-state index in [4.69, 9.17) is 4.74 Å². The van der Waals surface area contributed by atoms with Crippen LogP contribution in [0.1, 0.15) is 36.5 Å². The Labute approximate surface area is 176 Å². The number of rotatable bonds is 7. The molecule has 1 aliphatic rings. The minimum absolute atomic E-state index is 0.0618. The summed E-state index contributed by atoms with van der Waals surface area (Å²) in [4.78, 5) is 26.4. The summed E-state index contributed by atoms with van der Waals surface area (Å²) in [5.41, 5.74) is 1.99. The molecule has 0 aromatic heterocycles. The van der Waals surface area contributed by atoms with Crippen molar-refractivity contribution in [2.45, 2.75) is 26.2 Å². The van der Waals surface area contributed by atoms with Crippen LogP contribution in [0.4, 0.5) is 17.1 Å². The molecule has 2 N–H and O–H groups in total. The van der Waals surface area contributed by atoms with Crippen molar-refractivity contribution in [1.29, 1.82) is 0 Å². The van der Waals surface area contributed by atoms with Crippen LogP contribution in [0.3, 0.4) is 0 Å². The van der Waals surface area contributed by atoms with Crippen molar-refractivity contribution in [3.05, 3.63) is 48.0 Å². The van der Waals surface area contributed by atoms with Gasteiger partial charge in [0.1, 0.15) is 5.75 Å². The predicted octanol–water partition coefficient (Wildman–Crippen LogP) is 3.23. The SMILES string of the molecule is CCS(=O)(=O)Nc1ccc(NC(=O)c2ccc(N3CCCCC3=O)cc2)cc1OC. The number of methoxy groups -OCH3 is 1. The van der Waals surface area contributed by atoms with Gasteiger partial charge in [-0.3, -0.25) is 14.3 Å². The summed E-state index contributed by atoms with van der Waals surface area (Å²) in [5.74, 6) is 0.0109. The fourth-order valence-electron chi connectivity index (χ4n) is 3.17. The maximum Gasteiger partial charge on any atom is 0.255 e. The lowest BCUT2D eigenvalue weighted by Gasteiger charge is -2.26. The average Bonchev–Trinajstić information content (AvgIpc) is 2.75. The number of hydrogen-bond donors (Lipinski definition) is 2. The lowest BCUT2D eigenvalue weighted by Crippen LogP contribution is -2.35. The highest BCUT2D eigenvalue weighted by atomic mass is 32.2. The zero-order valence-corrected chi connectivity index (χ0v) is 17.8. The number of benzene rings is 2. The Morgan fingerprint density at radius 2 is 1.87 bits per heavy atom. The van der Waals surface area contributed by atoms with Crippen LogP contribution in [0, 0.1) is 0 Å². The van der Waals surface area contributed by atoms with Gasteiger partial charge in [0.2, 0.25) is 15.9 Å². The monoisotopic (exact) mass is 431 g/mol. The molecular weight excluding hydrogens is 406 g/mol. The van der Waals surface area contributed by atoms with Crippen LogP contribution >= 0.6 is 0 Å². The molecule has 0 atom stereocenters. The highest BCUT2D eigenvalue weighted by molar-refractivity contribution is 7.92. The summed E-state index contributed by atoms with van der Waals surface area (Å²) in [6, 6.07) is 11.6. The molecule has 8 nitrogen and oxygen atoms in total. The molecule has 1 heterocycles. The molecule has 0 saturated carbocycles. The van der Waals surface area contributed by atoms with Gasteiger partial charge in [0.15, 0.2) is 0 Å². The van der Waals surface area contributed by atoms with Crippen molar-refractivity contribution in [3.8, 4) is 5.75 Å². The molecule has 0 spiro atoms. The Hall–Kier alpha value is -3.07. The van der Waals surface area contributed by atoms with Gasteiger partial charge in [0, 0.05) is 36.0 Å². The number of carbonyl (C=O) groups excluding carboxylic acids is 2. The third kappa shape index (κ3) is 5.10. The van der Waals surface area contributed by atoms with E-state index >= 15 is 0 Å². The van der Waals surface area contributed by atoms with Crippen LogP contribution in [0.25, 0.3) is 0 Å². The lowest BCUT2D eigenvalue weighted by atomic mass is 10.1. The maximum atomic E-state index is 12.6. The van der Waals surface area contributed by atoms with Crippen LogP contribution in [0.15, 0.2) is 42.5 Å². The smallest absolute Gasteiger partial charge is 0.255 e. The molecule has 0 radical (unpaired) electrons. The molecule has 160 valence electrons. The molecule has 1 aliphatic heterocycles. The van der Waals surface area contributed by atoms with E-state index in [2.05, 4.69) is 10.0 Å². The van der Waals surface area contributed by atoms with E-state index in [9.17, 15) is 18.0 Å². The normalized spacial score (nSPS) is 14.3. The Balaban J connectivity index is 1.71. The zero-order valence-electron chi connectivity index (χ0n) is 17.0. The van der Waals surface area contributed by atoms with Gasteiger partial charge in [-0.05, 0) is 56.2 Å². The van der Waals surface area contributed by atoms with Gasteiger partial charge >= 0.3 is 0 Å². The number of amides is 2. The van der Waals surface area contributed by atoms with Crippen LogP contribution in [0.5, 0.6) is 5.75 Å². The van der Waals surface area contributed by atoms with E-state index in [1.807, 2.05) is 0 Å². The summed E-state index contributed by atoms with van der Waals surface area (Å²) in [5, 5.41) is 2.77. The van der Waals surface area contributed by atoms with Crippen molar-refractivity contribution in [1.82, 2.24) is 0 Å². The Morgan fingerprint density at radius 1 is 1.13 bits per heavy atom. The van der Waals surface area contributed by atoms with Crippen LogP contribution in [-0.4, -0.2) is 39.6 Å².